The van der Waals surface area contributed by atoms with Crippen molar-refractivity contribution in [3.8, 4) is 0 Å². The van der Waals surface area contributed by atoms with Crippen molar-refractivity contribution in [2.75, 3.05) is 6.54 Å². The molecule has 1 N–H and O–H groups in total. The first-order chi connectivity index (χ1) is 11.9. The van der Waals surface area contributed by atoms with Gasteiger partial charge in [-0.2, -0.15) is 4.31 Å². The molecular weight excluding hydrogens is 332 g/mol. The summed E-state index contributed by atoms with van der Waals surface area (Å²) in [4.78, 5) is 3.88. The summed E-state index contributed by atoms with van der Waals surface area (Å²) in [6.45, 7) is 6.78. The molecule has 1 aliphatic heterocycles. The summed E-state index contributed by atoms with van der Waals surface area (Å²) in [5, 5.41) is 1.14. The van der Waals surface area contributed by atoms with Crippen LogP contribution in [0.25, 0.3) is 10.9 Å². The number of rotatable bonds is 2. The largest absolute Gasteiger partial charge is 0.358 e. The smallest absolute Gasteiger partial charge is 0.243 e. The summed E-state index contributed by atoms with van der Waals surface area (Å²) in [7, 11) is -3.50. The molecule has 0 unspecified atom stereocenters. The minimum absolute atomic E-state index is 0.423. The predicted molar refractivity (Wildman–Crippen MR) is 100 cm³/mol. The fourth-order valence-electron chi connectivity index (χ4n) is 3.63. The van der Waals surface area contributed by atoms with Crippen LogP contribution < -0.4 is 0 Å². The molecule has 2 heterocycles. The lowest BCUT2D eigenvalue weighted by Gasteiger charge is -2.27. The molecule has 4 nitrogen and oxygen atoms in total. The summed E-state index contributed by atoms with van der Waals surface area (Å²) >= 11 is 0. The van der Waals surface area contributed by atoms with E-state index in [1.807, 2.05) is 26.0 Å². The average Bonchev–Trinajstić information content (AvgIpc) is 2.94. The number of H-pyrrole nitrogens is 1. The molecule has 25 heavy (non-hydrogen) atoms. The Kier molecular flexibility index (Phi) is 3.74. The molecule has 5 heteroatoms. The molecule has 0 aliphatic carbocycles. The molecule has 0 saturated carbocycles. The Balaban J connectivity index is 1.78. The fraction of sp³-hybridized carbons (Fsp3) is 0.300. The Morgan fingerprint density at radius 3 is 2.52 bits per heavy atom. The molecule has 3 aromatic rings. The van der Waals surface area contributed by atoms with Gasteiger partial charge < -0.3 is 4.98 Å². The zero-order chi connectivity index (χ0) is 17.8. The van der Waals surface area contributed by atoms with E-state index < -0.39 is 10.0 Å². The molecule has 1 aliphatic rings. The first-order valence-electron chi connectivity index (χ1n) is 8.54. The van der Waals surface area contributed by atoms with Gasteiger partial charge >= 0.3 is 0 Å². The van der Waals surface area contributed by atoms with E-state index in [1.54, 1.807) is 10.4 Å². The topological polar surface area (TPSA) is 53.2 Å². The number of hydrogen-bond donors (Lipinski definition) is 1. The highest BCUT2D eigenvalue weighted by atomic mass is 32.2. The maximum Gasteiger partial charge on any atom is 0.243 e. The number of nitrogens with one attached hydrogen (secondary N) is 1. The third kappa shape index (κ3) is 2.68. The minimum atomic E-state index is -3.50. The van der Waals surface area contributed by atoms with Crippen molar-refractivity contribution >= 4 is 20.9 Å². The van der Waals surface area contributed by atoms with Crippen LogP contribution in [0.3, 0.4) is 0 Å². The number of hydrogen-bond acceptors (Lipinski definition) is 2. The van der Waals surface area contributed by atoms with E-state index in [0.29, 0.717) is 24.4 Å². The van der Waals surface area contributed by atoms with Crippen LogP contribution in [0.1, 0.15) is 27.9 Å². The first-order valence-corrected chi connectivity index (χ1v) is 9.98. The quantitative estimate of drug-likeness (QED) is 0.760. The van der Waals surface area contributed by atoms with Gasteiger partial charge in [0.05, 0.1) is 4.90 Å². The molecule has 4 rings (SSSR count). The normalized spacial score (nSPS) is 15.5. The average molecular weight is 354 g/mol. The monoisotopic (exact) mass is 354 g/mol. The second kappa shape index (κ2) is 5.71. The fourth-order valence-corrected chi connectivity index (χ4v) is 5.35. The molecule has 130 valence electrons. The Morgan fingerprint density at radius 2 is 1.72 bits per heavy atom. The van der Waals surface area contributed by atoms with Crippen LogP contribution in [0.5, 0.6) is 0 Å². The van der Waals surface area contributed by atoms with Crippen molar-refractivity contribution < 1.29 is 8.42 Å². The van der Waals surface area contributed by atoms with Gasteiger partial charge in [-0.1, -0.05) is 23.8 Å². The molecule has 0 spiro atoms. The second-order valence-electron chi connectivity index (χ2n) is 6.99. The van der Waals surface area contributed by atoms with E-state index in [1.165, 1.54) is 5.56 Å². The van der Waals surface area contributed by atoms with Crippen molar-refractivity contribution in [1.82, 2.24) is 9.29 Å². The SMILES string of the molecule is Cc1ccc(C)c(S(=O)(=O)N2CCc3[nH]c4ccc(C)cc4c3C2)c1. The zero-order valence-corrected chi connectivity index (χ0v) is 15.6. The summed E-state index contributed by atoms with van der Waals surface area (Å²) in [5.41, 5.74) is 6.30. The lowest BCUT2D eigenvalue weighted by atomic mass is 10.0. The Morgan fingerprint density at radius 1 is 1.00 bits per heavy atom. The number of nitrogens with zero attached hydrogens (tertiary/aromatic N) is 1. The number of fused-ring (bicyclic) bond motifs is 3. The van der Waals surface area contributed by atoms with E-state index >= 15 is 0 Å². The van der Waals surface area contributed by atoms with Crippen molar-refractivity contribution in [1.29, 1.82) is 0 Å². The lowest BCUT2D eigenvalue weighted by molar-refractivity contribution is 0.391. The molecule has 0 bridgehead atoms. The molecule has 2 aromatic carbocycles. The standard InChI is InChI=1S/C20H22N2O2S/c1-13-5-7-18-16(10-13)17-12-22(9-8-19(17)21-18)25(23,24)20-11-14(2)4-6-15(20)3/h4-7,10-11,21H,8-9,12H2,1-3H3. The number of aryl methyl sites for hydroxylation is 3. The van der Waals surface area contributed by atoms with Gasteiger partial charge in [-0.15, -0.1) is 0 Å². The third-order valence-electron chi connectivity index (χ3n) is 5.06. The summed E-state index contributed by atoms with van der Waals surface area (Å²) in [6, 6.07) is 11.9. The van der Waals surface area contributed by atoms with Crippen molar-refractivity contribution in [3.63, 3.8) is 0 Å². The highest BCUT2D eigenvalue weighted by molar-refractivity contribution is 7.89. The Labute approximate surface area is 148 Å². The van der Waals surface area contributed by atoms with Gasteiger partial charge in [-0.25, -0.2) is 8.42 Å². The van der Waals surface area contributed by atoms with Crippen LogP contribution in [0.4, 0.5) is 0 Å². The molecule has 0 atom stereocenters. The summed E-state index contributed by atoms with van der Waals surface area (Å²) in [5.74, 6) is 0. The van der Waals surface area contributed by atoms with E-state index in [-0.39, 0.29) is 0 Å². The zero-order valence-electron chi connectivity index (χ0n) is 14.8. The number of benzene rings is 2. The van der Waals surface area contributed by atoms with Gasteiger partial charge in [0.15, 0.2) is 0 Å². The molecular formula is C20H22N2O2S. The van der Waals surface area contributed by atoms with Crippen LogP contribution in [0.2, 0.25) is 0 Å². The summed E-state index contributed by atoms with van der Waals surface area (Å²) < 4.78 is 28.0. The molecule has 1 aromatic heterocycles. The van der Waals surface area contributed by atoms with Crippen LogP contribution in [0.15, 0.2) is 41.3 Å². The Bertz CT molecular complexity index is 1080. The number of aromatic nitrogens is 1. The van der Waals surface area contributed by atoms with Crippen LogP contribution in [-0.4, -0.2) is 24.3 Å². The molecule has 0 saturated heterocycles. The van der Waals surface area contributed by atoms with Crippen LogP contribution in [-0.2, 0) is 23.0 Å². The maximum absolute atomic E-state index is 13.2. The van der Waals surface area contributed by atoms with Gasteiger partial charge in [-0.3, -0.25) is 0 Å². The van der Waals surface area contributed by atoms with Gasteiger partial charge in [-0.05, 0) is 55.7 Å². The lowest BCUT2D eigenvalue weighted by Crippen LogP contribution is -2.36. The van der Waals surface area contributed by atoms with Crippen molar-refractivity contribution in [2.24, 2.45) is 0 Å². The van der Waals surface area contributed by atoms with E-state index in [9.17, 15) is 8.42 Å². The number of aromatic amines is 1. The van der Waals surface area contributed by atoms with E-state index in [2.05, 4.69) is 30.1 Å². The highest BCUT2D eigenvalue weighted by Crippen LogP contribution is 2.32. The first kappa shape index (κ1) is 16.4. The van der Waals surface area contributed by atoms with Crippen molar-refractivity contribution in [2.45, 2.75) is 38.6 Å². The van der Waals surface area contributed by atoms with Crippen LogP contribution in [0, 0.1) is 20.8 Å². The van der Waals surface area contributed by atoms with Gasteiger partial charge in [0.2, 0.25) is 10.0 Å². The van der Waals surface area contributed by atoms with Gasteiger partial charge in [0.1, 0.15) is 0 Å². The summed E-state index contributed by atoms with van der Waals surface area (Å²) in [6.07, 6.45) is 0.715. The number of sulfonamides is 1. The van der Waals surface area contributed by atoms with Gasteiger partial charge in [0, 0.05) is 36.1 Å². The van der Waals surface area contributed by atoms with Crippen molar-refractivity contribution in [3.05, 3.63) is 64.3 Å². The molecule has 0 fully saturated rings. The highest BCUT2D eigenvalue weighted by Gasteiger charge is 2.31. The third-order valence-corrected chi connectivity index (χ3v) is 7.04. The van der Waals surface area contributed by atoms with Gasteiger partial charge in [0.25, 0.3) is 0 Å². The molecule has 0 amide bonds. The Hall–Kier alpha value is -2.11. The minimum Gasteiger partial charge on any atom is -0.358 e. The maximum atomic E-state index is 13.2. The second-order valence-corrected chi connectivity index (χ2v) is 8.90. The van der Waals surface area contributed by atoms with Crippen LogP contribution >= 0.6 is 0 Å². The predicted octanol–water partition coefficient (Wildman–Crippen LogP) is 3.84. The molecule has 0 radical (unpaired) electrons. The van der Waals surface area contributed by atoms with E-state index in [4.69, 9.17) is 0 Å². The van der Waals surface area contributed by atoms with E-state index in [0.717, 1.165) is 33.3 Å².